The minimum atomic E-state index is -0.846. The third-order valence-corrected chi connectivity index (χ3v) is 19.8. The Morgan fingerprint density at radius 3 is 0.830 bits per heavy atom. The molecule has 0 saturated carbocycles. The van der Waals surface area contributed by atoms with Crippen molar-refractivity contribution < 1.29 is 24.5 Å². The maximum absolute atomic E-state index is 12.6. The molecule has 0 rings (SSSR count). The molecule has 6 heteroatoms. The normalized spacial score (nSPS) is 12.8. The molecule has 0 fully saturated rings. The van der Waals surface area contributed by atoms with Gasteiger partial charge in [0.25, 0.3) is 0 Å². The van der Waals surface area contributed by atoms with Crippen LogP contribution in [0.5, 0.6) is 0 Å². The number of allylic oxidation sites excluding steroid dienone is 9. The Morgan fingerprint density at radius 1 is 0.298 bits per heavy atom. The summed E-state index contributed by atoms with van der Waals surface area (Å²) in [6, 6.07) is -0.629. The van der Waals surface area contributed by atoms with Crippen LogP contribution < -0.4 is 5.32 Å². The second-order valence-corrected chi connectivity index (χ2v) is 29.2. The van der Waals surface area contributed by atoms with Crippen molar-refractivity contribution in [2.24, 2.45) is 0 Å². The summed E-state index contributed by atoms with van der Waals surface area (Å²) in [6.45, 7) is 4.92. The number of unbranched alkanes of at least 4 members (excludes halogenated alkanes) is 61. The van der Waals surface area contributed by atoms with E-state index < -0.39 is 12.1 Å². The molecule has 0 aliphatic carbocycles. The Labute approximate surface area is 588 Å². The molecule has 0 saturated heterocycles. The van der Waals surface area contributed by atoms with E-state index in [4.69, 9.17) is 4.74 Å². The molecule has 0 radical (unpaired) electrons. The van der Waals surface area contributed by atoms with Crippen LogP contribution in [0, 0.1) is 0 Å². The zero-order valence-corrected chi connectivity index (χ0v) is 63.5. The second kappa shape index (κ2) is 83.0. The number of amides is 1. The van der Waals surface area contributed by atoms with E-state index in [9.17, 15) is 19.8 Å². The highest BCUT2D eigenvalue weighted by Crippen LogP contribution is 2.20. The van der Waals surface area contributed by atoms with Gasteiger partial charge in [0.2, 0.25) is 5.91 Å². The van der Waals surface area contributed by atoms with Crippen molar-refractivity contribution in [2.75, 3.05) is 13.2 Å². The maximum atomic E-state index is 12.6. The molecule has 1 amide bonds. The standard InChI is InChI=1S/C88H165NO5/c1-3-5-7-9-11-13-15-17-19-21-22-23-24-36-39-42-45-49-52-56-60-64-68-72-76-80-86(91)85(84-90)89-87(92)81-77-73-69-65-61-57-53-50-46-43-40-37-34-32-30-28-26-25-27-29-31-33-35-38-41-44-47-51-55-59-63-67-71-75-79-83-94-88(93)82-78-74-70-66-62-58-54-48-20-18-16-14-12-10-8-6-4-2/h12,14,18,20,27,29,33,35,76,80,85-86,90-91H,3-11,13,15-17,19,21-26,28,30-32,34,36-75,77-79,81-84H2,1-2H3,(H,89,92)/b14-12-,20-18-,29-27-,35-33-,80-76+. The number of nitrogens with one attached hydrogen (secondary N) is 1. The molecule has 0 heterocycles. The molecule has 3 N–H and O–H groups in total. The summed E-state index contributed by atoms with van der Waals surface area (Å²) in [6.07, 6.45) is 112. The van der Waals surface area contributed by atoms with E-state index in [1.807, 2.05) is 6.08 Å². The van der Waals surface area contributed by atoms with E-state index in [1.54, 1.807) is 6.08 Å². The third-order valence-electron chi connectivity index (χ3n) is 19.8. The molecule has 6 nitrogen and oxygen atoms in total. The van der Waals surface area contributed by atoms with Gasteiger partial charge in [-0.1, -0.05) is 415 Å². The van der Waals surface area contributed by atoms with Crippen LogP contribution in [0.15, 0.2) is 60.8 Å². The first kappa shape index (κ1) is 91.6. The highest BCUT2D eigenvalue weighted by atomic mass is 16.5. The summed E-state index contributed by atoms with van der Waals surface area (Å²) in [4.78, 5) is 24.7. The molecule has 94 heavy (non-hydrogen) atoms. The molecule has 2 atom stereocenters. The van der Waals surface area contributed by atoms with Gasteiger partial charge in [-0.15, -0.1) is 0 Å². The van der Waals surface area contributed by atoms with Crippen LogP contribution in [0.2, 0.25) is 0 Å². The zero-order chi connectivity index (χ0) is 67.7. The van der Waals surface area contributed by atoms with Gasteiger partial charge >= 0.3 is 5.97 Å². The average molecular weight is 1320 g/mol. The zero-order valence-electron chi connectivity index (χ0n) is 63.5. The van der Waals surface area contributed by atoms with Gasteiger partial charge in [-0.05, 0) is 96.3 Å². The Hall–Kier alpha value is -2.44. The Balaban J connectivity index is 3.40. The lowest BCUT2D eigenvalue weighted by atomic mass is 10.0. The van der Waals surface area contributed by atoms with E-state index in [0.29, 0.717) is 19.4 Å². The number of carbonyl (C=O) groups excluding carboxylic acids is 2. The summed E-state index contributed by atoms with van der Waals surface area (Å²) >= 11 is 0. The van der Waals surface area contributed by atoms with Gasteiger partial charge in [-0.2, -0.15) is 0 Å². The van der Waals surface area contributed by atoms with Gasteiger partial charge in [0.1, 0.15) is 0 Å². The van der Waals surface area contributed by atoms with Crippen molar-refractivity contribution in [1.82, 2.24) is 5.32 Å². The van der Waals surface area contributed by atoms with E-state index >= 15 is 0 Å². The predicted octanol–water partition coefficient (Wildman–Crippen LogP) is 28.5. The Kier molecular flexibility index (Phi) is 80.8. The number of ether oxygens (including phenoxy) is 1. The fourth-order valence-corrected chi connectivity index (χ4v) is 13.3. The minimum absolute atomic E-state index is 0.00919. The lowest BCUT2D eigenvalue weighted by Gasteiger charge is -2.20. The number of aliphatic hydroxyl groups is 2. The lowest BCUT2D eigenvalue weighted by molar-refractivity contribution is -0.143. The topological polar surface area (TPSA) is 95.9 Å². The first-order valence-corrected chi connectivity index (χ1v) is 42.6. The molecule has 0 bridgehead atoms. The number of hydrogen-bond donors (Lipinski definition) is 3. The molecule has 0 spiro atoms. The number of aliphatic hydroxyl groups excluding tert-OH is 2. The fourth-order valence-electron chi connectivity index (χ4n) is 13.3. The summed E-state index contributed by atoms with van der Waals surface area (Å²) in [7, 11) is 0. The summed E-state index contributed by atoms with van der Waals surface area (Å²) < 4.78 is 5.50. The predicted molar refractivity (Wildman–Crippen MR) is 416 cm³/mol. The molecule has 0 aliphatic heterocycles. The van der Waals surface area contributed by atoms with Gasteiger partial charge in [-0.3, -0.25) is 9.59 Å². The number of hydrogen-bond acceptors (Lipinski definition) is 5. The molecular weight excluding hydrogens is 1150 g/mol. The van der Waals surface area contributed by atoms with Crippen LogP contribution in [-0.4, -0.2) is 47.4 Å². The van der Waals surface area contributed by atoms with Gasteiger partial charge < -0.3 is 20.3 Å². The summed E-state index contributed by atoms with van der Waals surface area (Å²) in [5.41, 5.74) is 0. The third kappa shape index (κ3) is 78.6. The van der Waals surface area contributed by atoms with E-state index in [2.05, 4.69) is 67.8 Å². The SMILES string of the molecule is CCCCC/C=C\C/C=C\CCCCCCCCCC(=O)OCCCCCCCCCCCCC/C=C\C/C=C\CCCCCCCCCCCCCCCCCCCC(=O)NC(CO)C(O)/C=C/CCCCCCCCCCCCCCCCCCCCCCCCC. The maximum Gasteiger partial charge on any atom is 0.305 e. The van der Waals surface area contributed by atoms with Crippen molar-refractivity contribution in [1.29, 1.82) is 0 Å². The monoisotopic (exact) mass is 1320 g/mol. The van der Waals surface area contributed by atoms with Gasteiger partial charge in [0, 0.05) is 12.8 Å². The molecule has 552 valence electrons. The molecule has 0 aromatic carbocycles. The highest BCUT2D eigenvalue weighted by Gasteiger charge is 2.18. The van der Waals surface area contributed by atoms with Crippen molar-refractivity contribution >= 4 is 11.9 Å². The van der Waals surface area contributed by atoms with Gasteiger partial charge in [-0.25, -0.2) is 0 Å². The van der Waals surface area contributed by atoms with Crippen LogP contribution in [0.25, 0.3) is 0 Å². The van der Waals surface area contributed by atoms with Gasteiger partial charge in [0.05, 0.1) is 25.4 Å². The number of rotatable bonds is 80. The van der Waals surface area contributed by atoms with Crippen molar-refractivity contribution in [3.05, 3.63) is 60.8 Å². The molecule has 0 aromatic heterocycles. The number of esters is 1. The Bertz CT molecular complexity index is 1620. The highest BCUT2D eigenvalue weighted by molar-refractivity contribution is 5.76. The first-order chi connectivity index (χ1) is 46.5. The van der Waals surface area contributed by atoms with E-state index in [0.717, 1.165) is 57.8 Å². The molecule has 0 aliphatic rings. The fraction of sp³-hybridized carbons (Fsp3) is 0.864. The smallest absolute Gasteiger partial charge is 0.305 e. The minimum Gasteiger partial charge on any atom is -0.466 e. The van der Waals surface area contributed by atoms with Crippen molar-refractivity contribution in [3.8, 4) is 0 Å². The quantitative estimate of drug-likeness (QED) is 0.0320. The first-order valence-electron chi connectivity index (χ1n) is 42.6. The lowest BCUT2D eigenvalue weighted by Crippen LogP contribution is -2.45. The molecule has 0 aromatic rings. The van der Waals surface area contributed by atoms with Crippen molar-refractivity contribution in [2.45, 2.75) is 475 Å². The summed E-state index contributed by atoms with van der Waals surface area (Å²) in [5.74, 6) is -0.0516. The largest absolute Gasteiger partial charge is 0.466 e. The molecular formula is C88H165NO5. The number of carbonyl (C=O) groups is 2. The summed E-state index contributed by atoms with van der Waals surface area (Å²) in [5, 5.41) is 23.3. The van der Waals surface area contributed by atoms with E-state index in [1.165, 1.54) is 379 Å². The van der Waals surface area contributed by atoms with Crippen LogP contribution in [0.1, 0.15) is 463 Å². The van der Waals surface area contributed by atoms with Crippen LogP contribution in [0.4, 0.5) is 0 Å². The van der Waals surface area contributed by atoms with Crippen LogP contribution in [0.3, 0.4) is 0 Å². The second-order valence-electron chi connectivity index (χ2n) is 29.2. The Morgan fingerprint density at radius 2 is 0.532 bits per heavy atom. The van der Waals surface area contributed by atoms with Gasteiger partial charge in [0.15, 0.2) is 0 Å². The average Bonchev–Trinajstić information content (AvgIpc) is 3.67. The van der Waals surface area contributed by atoms with E-state index in [-0.39, 0.29) is 18.5 Å². The van der Waals surface area contributed by atoms with Crippen LogP contribution >= 0.6 is 0 Å². The van der Waals surface area contributed by atoms with Crippen molar-refractivity contribution in [3.63, 3.8) is 0 Å². The van der Waals surface area contributed by atoms with Crippen LogP contribution in [-0.2, 0) is 14.3 Å². The molecule has 2 unspecified atom stereocenters.